The van der Waals surface area contributed by atoms with Crippen molar-refractivity contribution < 1.29 is 19.0 Å². The van der Waals surface area contributed by atoms with E-state index in [1.807, 2.05) is 47.4 Å². The molecule has 2 saturated heterocycles. The number of nitrogens with one attached hydrogen (secondary N) is 1. The normalized spacial score (nSPS) is 16.5. The van der Waals surface area contributed by atoms with Gasteiger partial charge in [0.2, 0.25) is 5.91 Å². The summed E-state index contributed by atoms with van der Waals surface area (Å²) in [5, 5.41) is 4.27. The van der Waals surface area contributed by atoms with Crippen LogP contribution in [0.2, 0.25) is 0 Å². The summed E-state index contributed by atoms with van der Waals surface area (Å²) < 4.78 is 16.4. The van der Waals surface area contributed by atoms with Gasteiger partial charge in [0, 0.05) is 39.1 Å². The number of benzene rings is 2. The first-order valence-electron chi connectivity index (χ1n) is 13.2. The quantitative estimate of drug-likeness (QED) is 0.367. The number of methoxy groups -OCH3 is 2. The first-order chi connectivity index (χ1) is 18.0. The van der Waals surface area contributed by atoms with Crippen LogP contribution in [0.15, 0.2) is 48.5 Å². The monoisotopic (exact) mass is 525 g/mol. The van der Waals surface area contributed by atoms with Gasteiger partial charge in [-0.15, -0.1) is 0 Å². The molecule has 8 heteroatoms. The number of amides is 1. The van der Waals surface area contributed by atoms with Gasteiger partial charge < -0.3 is 29.3 Å². The number of ether oxygens (including phenoxy) is 3. The Bertz CT molecular complexity index is 1040. The van der Waals surface area contributed by atoms with Crippen LogP contribution >= 0.6 is 12.2 Å². The van der Waals surface area contributed by atoms with Gasteiger partial charge in [-0.2, -0.15) is 0 Å². The standard InChI is InChI=1S/C29H39N3O4S/c1-34-25-11-10-23(21-26(25)35-2)12-16-30-28(37)32-19-15-29(22-32)13-17-31(18-14-29)27(33)9-6-20-36-24-7-4-3-5-8-24/h3-5,7-8,10-11,21H,6,9,12-20,22H2,1-2H3,(H,30,37). The predicted octanol–water partition coefficient (Wildman–Crippen LogP) is 4.29. The maximum atomic E-state index is 12.7. The van der Waals surface area contributed by atoms with Crippen LogP contribution in [-0.4, -0.2) is 74.4 Å². The van der Waals surface area contributed by atoms with Crippen LogP contribution < -0.4 is 19.5 Å². The smallest absolute Gasteiger partial charge is 0.222 e. The molecule has 0 aliphatic carbocycles. The highest BCUT2D eigenvalue weighted by molar-refractivity contribution is 7.80. The first-order valence-corrected chi connectivity index (χ1v) is 13.6. The summed E-state index contributed by atoms with van der Waals surface area (Å²) in [5.41, 5.74) is 1.44. The third kappa shape index (κ3) is 7.28. The van der Waals surface area contributed by atoms with Crippen LogP contribution in [0, 0.1) is 5.41 Å². The Morgan fingerprint density at radius 3 is 2.38 bits per heavy atom. The van der Waals surface area contributed by atoms with Gasteiger partial charge in [-0.3, -0.25) is 4.79 Å². The maximum absolute atomic E-state index is 12.7. The molecule has 0 radical (unpaired) electrons. The largest absolute Gasteiger partial charge is 0.494 e. The van der Waals surface area contributed by atoms with Gasteiger partial charge in [-0.1, -0.05) is 24.3 Å². The van der Waals surface area contributed by atoms with E-state index < -0.39 is 0 Å². The van der Waals surface area contributed by atoms with Gasteiger partial charge in [0.25, 0.3) is 0 Å². The minimum absolute atomic E-state index is 0.244. The molecule has 2 aromatic rings. The molecule has 1 amide bonds. The molecular weight excluding hydrogens is 486 g/mol. The zero-order valence-corrected chi connectivity index (χ0v) is 22.9. The SMILES string of the molecule is COc1ccc(CCNC(=S)N2CCC3(CCN(C(=O)CCCOc4ccccc4)CC3)C2)cc1OC. The molecule has 7 nitrogen and oxygen atoms in total. The van der Waals surface area contributed by atoms with Crippen molar-refractivity contribution in [2.45, 2.75) is 38.5 Å². The number of likely N-dealkylation sites (tertiary alicyclic amines) is 2. The number of para-hydroxylation sites is 1. The van der Waals surface area contributed by atoms with Crippen molar-refractivity contribution in [2.75, 3.05) is 53.6 Å². The Balaban J connectivity index is 1.14. The van der Waals surface area contributed by atoms with Crippen molar-refractivity contribution >= 4 is 23.2 Å². The van der Waals surface area contributed by atoms with E-state index >= 15 is 0 Å². The maximum Gasteiger partial charge on any atom is 0.222 e. The number of rotatable bonds is 10. The average Bonchev–Trinajstić information content (AvgIpc) is 3.35. The third-order valence-electron chi connectivity index (χ3n) is 7.59. The summed E-state index contributed by atoms with van der Waals surface area (Å²) in [6.07, 6.45) is 5.37. The van der Waals surface area contributed by atoms with E-state index in [1.54, 1.807) is 14.2 Å². The van der Waals surface area contributed by atoms with Crippen LogP contribution in [0.25, 0.3) is 0 Å². The minimum Gasteiger partial charge on any atom is -0.494 e. The van der Waals surface area contributed by atoms with Gasteiger partial charge in [0.05, 0.1) is 20.8 Å². The van der Waals surface area contributed by atoms with Crippen LogP contribution in [0.3, 0.4) is 0 Å². The molecule has 0 atom stereocenters. The molecule has 2 aliphatic rings. The van der Waals surface area contributed by atoms with Gasteiger partial charge in [-0.05, 0) is 79.6 Å². The first kappa shape index (κ1) is 27.0. The fourth-order valence-electron chi connectivity index (χ4n) is 5.30. The highest BCUT2D eigenvalue weighted by Gasteiger charge is 2.41. The van der Waals surface area contributed by atoms with Gasteiger partial charge in [0.1, 0.15) is 5.75 Å². The number of hydrogen-bond donors (Lipinski definition) is 1. The fraction of sp³-hybridized carbons (Fsp3) is 0.517. The van der Waals surface area contributed by atoms with E-state index in [0.29, 0.717) is 13.0 Å². The number of piperidine rings is 1. The number of hydrogen-bond acceptors (Lipinski definition) is 5. The second-order valence-corrected chi connectivity index (χ2v) is 10.4. The lowest BCUT2D eigenvalue weighted by Gasteiger charge is -2.39. The lowest BCUT2D eigenvalue weighted by atomic mass is 9.77. The summed E-state index contributed by atoms with van der Waals surface area (Å²) in [5.74, 6) is 2.58. The topological polar surface area (TPSA) is 63.3 Å². The van der Waals surface area contributed by atoms with E-state index in [4.69, 9.17) is 26.4 Å². The van der Waals surface area contributed by atoms with E-state index in [0.717, 1.165) is 87.2 Å². The van der Waals surface area contributed by atoms with Crippen LogP contribution in [0.1, 0.15) is 37.7 Å². The van der Waals surface area contributed by atoms with Crippen molar-refractivity contribution in [3.05, 3.63) is 54.1 Å². The fourth-order valence-corrected chi connectivity index (χ4v) is 5.55. The molecule has 0 unspecified atom stereocenters. The Hall–Kier alpha value is -3.00. The number of nitrogens with zero attached hydrogens (tertiary/aromatic N) is 2. The van der Waals surface area contributed by atoms with Crippen molar-refractivity contribution in [2.24, 2.45) is 5.41 Å². The Morgan fingerprint density at radius 2 is 1.68 bits per heavy atom. The molecule has 0 saturated carbocycles. The van der Waals surface area contributed by atoms with E-state index in [-0.39, 0.29) is 11.3 Å². The molecule has 2 aromatic carbocycles. The van der Waals surface area contributed by atoms with E-state index in [1.165, 1.54) is 5.56 Å². The lowest BCUT2D eigenvalue weighted by molar-refractivity contribution is -0.133. The molecule has 2 heterocycles. The highest BCUT2D eigenvalue weighted by Crippen LogP contribution is 2.40. The van der Waals surface area contributed by atoms with Gasteiger partial charge in [-0.25, -0.2) is 0 Å². The molecule has 200 valence electrons. The molecule has 2 fully saturated rings. The molecule has 0 bridgehead atoms. The molecule has 2 aliphatic heterocycles. The second kappa shape index (κ2) is 13.0. The van der Waals surface area contributed by atoms with Gasteiger partial charge in [0.15, 0.2) is 16.6 Å². The Labute approximate surface area is 226 Å². The van der Waals surface area contributed by atoms with Crippen molar-refractivity contribution in [3.63, 3.8) is 0 Å². The predicted molar refractivity (Wildman–Crippen MR) is 149 cm³/mol. The average molecular weight is 526 g/mol. The lowest BCUT2D eigenvalue weighted by Crippen LogP contribution is -2.46. The van der Waals surface area contributed by atoms with Crippen molar-refractivity contribution in [1.29, 1.82) is 0 Å². The Kier molecular flexibility index (Phi) is 9.50. The van der Waals surface area contributed by atoms with Crippen LogP contribution in [-0.2, 0) is 11.2 Å². The summed E-state index contributed by atoms with van der Waals surface area (Å²) >= 11 is 5.72. The van der Waals surface area contributed by atoms with Gasteiger partial charge >= 0.3 is 0 Å². The zero-order valence-electron chi connectivity index (χ0n) is 22.0. The molecule has 0 aromatic heterocycles. The van der Waals surface area contributed by atoms with Crippen LogP contribution in [0.5, 0.6) is 17.2 Å². The van der Waals surface area contributed by atoms with Crippen LogP contribution in [0.4, 0.5) is 0 Å². The molecule has 4 rings (SSSR count). The summed E-state index contributed by atoms with van der Waals surface area (Å²) in [4.78, 5) is 17.1. The second-order valence-electron chi connectivity index (χ2n) is 9.99. The number of thiocarbonyl (C=S) groups is 1. The summed E-state index contributed by atoms with van der Waals surface area (Å²) in [6.45, 7) is 4.97. The summed E-state index contributed by atoms with van der Waals surface area (Å²) in [7, 11) is 3.30. The molecular formula is C29H39N3O4S. The van der Waals surface area contributed by atoms with E-state index in [2.05, 4.69) is 16.3 Å². The number of carbonyl (C=O) groups excluding carboxylic acids is 1. The summed E-state index contributed by atoms with van der Waals surface area (Å²) in [6, 6.07) is 15.8. The van der Waals surface area contributed by atoms with Crippen molar-refractivity contribution in [1.82, 2.24) is 15.1 Å². The van der Waals surface area contributed by atoms with E-state index in [9.17, 15) is 4.79 Å². The Morgan fingerprint density at radius 1 is 0.973 bits per heavy atom. The van der Waals surface area contributed by atoms with Crippen molar-refractivity contribution in [3.8, 4) is 17.2 Å². The highest BCUT2D eigenvalue weighted by atomic mass is 32.1. The molecule has 37 heavy (non-hydrogen) atoms. The third-order valence-corrected chi connectivity index (χ3v) is 7.99. The molecule has 1 spiro atoms. The zero-order chi connectivity index (χ0) is 26.1. The number of carbonyl (C=O) groups is 1. The minimum atomic E-state index is 0.244. The molecule has 1 N–H and O–H groups in total.